The molecule has 0 unspecified atom stereocenters. The Labute approximate surface area is 155 Å². The Morgan fingerprint density at radius 3 is 2.69 bits per heavy atom. The van der Waals surface area contributed by atoms with Gasteiger partial charge in [0, 0.05) is 11.1 Å². The number of likely N-dealkylation sites (tertiary alicyclic amines) is 1. The fraction of sp³-hybridized carbons (Fsp3) is 0.429. The highest BCUT2D eigenvalue weighted by Crippen LogP contribution is 2.31. The van der Waals surface area contributed by atoms with Crippen LogP contribution in [0.25, 0.3) is 11.3 Å². The minimum atomic E-state index is 0.176. The van der Waals surface area contributed by atoms with Gasteiger partial charge in [-0.2, -0.15) is 0 Å². The molecule has 2 N–H and O–H groups in total. The quantitative estimate of drug-likeness (QED) is 0.659. The molecule has 2 heterocycles. The highest BCUT2D eigenvalue weighted by molar-refractivity contribution is 5.71. The van der Waals surface area contributed by atoms with Gasteiger partial charge in [0.25, 0.3) is 0 Å². The van der Waals surface area contributed by atoms with Gasteiger partial charge in [0.1, 0.15) is 11.6 Å². The van der Waals surface area contributed by atoms with E-state index in [9.17, 15) is 5.11 Å². The molecule has 3 rings (SSSR count). The lowest BCUT2D eigenvalue weighted by molar-refractivity contribution is -0.895. The number of piperidine rings is 1. The van der Waals surface area contributed by atoms with Crippen molar-refractivity contribution >= 4 is 5.82 Å². The number of hydrogen-bond donors (Lipinski definition) is 2. The van der Waals surface area contributed by atoms with Crippen molar-refractivity contribution in [2.24, 2.45) is 0 Å². The molecule has 1 aromatic carbocycles. The van der Waals surface area contributed by atoms with Gasteiger partial charge in [0.15, 0.2) is 0 Å². The summed E-state index contributed by atoms with van der Waals surface area (Å²) in [5, 5.41) is 22.6. The van der Waals surface area contributed by atoms with E-state index in [2.05, 4.69) is 41.5 Å². The summed E-state index contributed by atoms with van der Waals surface area (Å²) in [6, 6.07) is 7.83. The summed E-state index contributed by atoms with van der Waals surface area (Å²) in [7, 11) is 4.53. The van der Waals surface area contributed by atoms with Crippen molar-refractivity contribution in [1.82, 2.24) is 10.2 Å². The van der Waals surface area contributed by atoms with Gasteiger partial charge in [-0.1, -0.05) is 5.92 Å². The number of likely N-dealkylation sites (N-methyl/N-ethyl adjacent to an activating group) is 1. The lowest BCUT2D eigenvalue weighted by Gasteiger charge is -2.38. The smallest absolute Gasteiger partial charge is 0.149 e. The predicted octanol–water partition coefficient (Wildman–Crippen LogP) is 3.18. The number of nitrogens with one attached hydrogen (secondary N) is 1. The Bertz CT molecular complexity index is 864. The first-order chi connectivity index (χ1) is 12.4. The van der Waals surface area contributed by atoms with Gasteiger partial charge in [-0.15, -0.1) is 16.1 Å². The fourth-order valence-electron chi connectivity index (χ4n) is 3.65. The molecule has 26 heavy (non-hydrogen) atoms. The van der Waals surface area contributed by atoms with E-state index in [4.69, 9.17) is 0 Å². The molecule has 0 saturated carbocycles. The van der Waals surface area contributed by atoms with Gasteiger partial charge in [0.05, 0.1) is 38.9 Å². The van der Waals surface area contributed by atoms with Crippen molar-refractivity contribution in [3.05, 3.63) is 35.4 Å². The summed E-state index contributed by atoms with van der Waals surface area (Å²) < 4.78 is 1.03. The van der Waals surface area contributed by atoms with Crippen LogP contribution in [-0.4, -0.2) is 53.0 Å². The van der Waals surface area contributed by atoms with Crippen LogP contribution in [0.15, 0.2) is 24.3 Å². The average molecular weight is 351 g/mol. The van der Waals surface area contributed by atoms with E-state index >= 15 is 0 Å². The molecule has 5 nitrogen and oxygen atoms in total. The zero-order chi connectivity index (χ0) is 18.7. The van der Waals surface area contributed by atoms with Gasteiger partial charge in [0.2, 0.25) is 0 Å². The van der Waals surface area contributed by atoms with Crippen LogP contribution in [-0.2, 0) is 0 Å². The lowest BCUT2D eigenvalue weighted by atomic mass is 10.0. The van der Waals surface area contributed by atoms with Gasteiger partial charge in [-0.3, -0.25) is 0 Å². The molecular formula is C21H27N4O+. The molecule has 2 aromatic rings. The van der Waals surface area contributed by atoms with Gasteiger partial charge in [-0.25, -0.2) is 0 Å². The first-order valence-corrected chi connectivity index (χ1v) is 9.07. The minimum Gasteiger partial charge on any atom is -0.507 e. The van der Waals surface area contributed by atoms with E-state index in [1.807, 2.05) is 25.1 Å². The summed E-state index contributed by atoms with van der Waals surface area (Å²) in [6.07, 6.45) is 2.38. The van der Waals surface area contributed by atoms with Crippen molar-refractivity contribution in [3.63, 3.8) is 0 Å². The van der Waals surface area contributed by atoms with Gasteiger partial charge >= 0.3 is 0 Å². The van der Waals surface area contributed by atoms with E-state index < -0.39 is 0 Å². The number of hydrogen-bond acceptors (Lipinski definition) is 4. The Morgan fingerprint density at radius 2 is 2.04 bits per heavy atom. The number of aromatic hydroxyl groups is 1. The van der Waals surface area contributed by atoms with E-state index in [1.165, 1.54) is 13.0 Å². The minimum absolute atomic E-state index is 0.176. The molecule has 0 spiro atoms. The Balaban J connectivity index is 1.80. The van der Waals surface area contributed by atoms with Crippen LogP contribution in [0.2, 0.25) is 0 Å². The number of rotatable bonds is 3. The molecule has 0 radical (unpaired) electrons. The SMILES string of the molecule is CC#Cc1ccc(-c2nnc(N[C@@H]3CCC[N+](C)(C)C3)cc2C)c(O)c1. The van der Waals surface area contributed by atoms with E-state index in [0.717, 1.165) is 34.4 Å². The molecule has 1 atom stereocenters. The largest absolute Gasteiger partial charge is 0.507 e. The van der Waals surface area contributed by atoms with Gasteiger partial charge < -0.3 is 14.9 Å². The Kier molecular flexibility index (Phi) is 5.15. The molecule has 136 valence electrons. The molecule has 1 aliphatic heterocycles. The Morgan fingerprint density at radius 1 is 1.23 bits per heavy atom. The maximum absolute atomic E-state index is 10.3. The van der Waals surface area contributed by atoms with Crippen LogP contribution in [0.3, 0.4) is 0 Å². The maximum atomic E-state index is 10.3. The van der Waals surface area contributed by atoms with E-state index in [0.29, 0.717) is 17.3 Å². The second-order valence-electron chi connectivity index (χ2n) is 7.69. The van der Waals surface area contributed by atoms with Crippen LogP contribution in [0.4, 0.5) is 5.82 Å². The van der Waals surface area contributed by atoms with Crippen molar-refractivity contribution in [2.75, 3.05) is 32.5 Å². The number of aromatic nitrogens is 2. The molecule has 1 aliphatic rings. The molecule has 1 fully saturated rings. The normalized spacial score (nSPS) is 18.7. The van der Waals surface area contributed by atoms with E-state index in [-0.39, 0.29) is 5.75 Å². The van der Waals surface area contributed by atoms with Crippen LogP contribution < -0.4 is 5.32 Å². The fourth-order valence-corrected chi connectivity index (χ4v) is 3.65. The van der Waals surface area contributed by atoms with Crippen molar-refractivity contribution in [2.45, 2.75) is 32.7 Å². The average Bonchev–Trinajstić information content (AvgIpc) is 2.55. The molecule has 0 amide bonds. The number of phenolic OH excluding ortho intramolecular Hbond substituents is 1. The number of aryl methyl sites for hydroxylation is 1. The van der Waals surface area contributed by atoms with Crippen LogP contribution in [0, 0.1) is 18.8 Å². The van der Waals surface area contributed by atoms with Crippen molar-refractivity contribution < 1.29 is 9.59 Å². The first kappa shape index (κ1) is 18.2. The standard InChI is InChI=1S/C21H26N4O/c1-5-7-16-9-10-18(19(26)13-16)21-15(2)12-20(23-24-21)22-17-8-6-11-25(3,4)14-17/h9-10,12-13,17H,6,8,11,14H2,1-4H3,(H-,22,23,24,26)/p+1/t17-/m1/s1. The monoisotopic (exact) mass is 351 g/mol. The zero-order valence-electron chi connectivity index (χ0n) is 16.0. The first-order valence-electron chi connectivity index (χ1n) is 9.07. The number of benzene rings is 1. The number of quaternary nitrogens is 1. The molecule has 0 aliphatic carbocycles. The molecule has 5 heteroatoms. The van der Waals surface area contributed by atoms with Crippen LogP contribution in [0.5, 0.6) is 5.75 Å². The van der Waals surface area contributed by atoms with Gasteiger partial charge in [-0.05, 0) is 56.5 Å². The maximum Gasteiger partial charge on any atom is 0.149 e. The molecule has 1 saturated heterocycles. The molecule has 0 bridgehead atoms. The zero-order valence-corrected chi connectivity index (χ0v) is 16.0. The highest BCUT2D eigenvalue weighted by Gasteiger charge is 2.27. The number of nitrogens with zero attached hydrogens (tertiary/aromatic N) is 3. The summed E-state index contributed by atoms with van der Waals surface area (Å²) in [6.45, 7) is 6.08. The van der Waals surface area contributed by atoms with Crippen LogP contribution >= 0.6 is 0 Å². The number of anilines is 1. The third kappa shape index (κ3) is 4.14. The predicted molar refractivity (Wildman–Crippen MR) is 105 cm³/mol. The van der Waals surface area contributed by atoms with Crippen molar-refractivity contribution in [3.8, 4) is 28.8 Å². The van der Waals surface area contributed by atoms with Crippen LogP contribution in [0.1, 0.15) is 30.9 Å². The second kappa shape index (κ2) is 7.35. The topological polar surface area (TPSA) is 58.0 Å². The third-order valence-electron chi connectivity index (χ3n) is 4.89. The summed E-state index contributed by atoms with van der Waals surface area (Å²) in [4.78, 5) is 0. The number of phenols is 1. The molecule has 1 aromatic heterocycles. The second-order valence-corrected chi connectivity index (χ2v) is 7.69. The lowest BCUT2D eigenvalue weighted by Crippen LogP contribution is -2.51. The highest BCUT2D eigenvalue weighted by atomic mass is 16.3. The summed E-state index contributed by atoms with van der Waals surface area (Å²) in [5.41, 5.74) is 3.15. The third-order valence-corrected chi connectivity index (χ3v) is 4.89. The molecular weight excluding hydrogens is 324 g/mol. The van der Waals surface area contributed by atoms with E-state index in [1.54, 1.807) is 13.0 Å². The van der Waals surface area contributed by atoms with Crippen molar-refractivity contribution in [1.29, 1.82) is 0 Å². The summed E-state index contributed by atoms with van der Waals surface area (Å²) >= 11 is 0. The summed E-state index contributed by atoms with van der Waals surface area (Å²) in [5.74, 6) is 6.75. The Hall–Kier alpha value is -2.58.